The van der Waals surface area contributed by atoms with Crippen LogP contribution in [0.2, 0.25) is 0 Å². The first-order valence-corrected chi connectivity index (χ1v) is 14.4. The first-order chi connectivity index (χ1) is 17.0. The summed E-state index contributed by atoms with van der Waals surface area (Å²) in [5, 5.41) is 6.94. The molecular weight excluding hydrogens is 488 g/mol. The number of sulfonamides is 1. The fourth-order valence-corrected chi connectivity index (χ4v) is 8.29. The zero-order valence-electron chi connectivity index (χ0n) is 20.9. The predicted octanol–water partition coefficient (Wildman–Crippen LogP) is 1.42. The van der Waals surface area contributed by atoms with Crippen LogP contribution in [0, 0.1) is 23.7 Å². The minimum absolute atomic E-state index is 0.0501. The van der Waals surface area contributed by atoms with Gasteiger partial charge in [-0.2, -0.15) is 4.31 Å². The summed E-state index contributed by atoms with van der Waals surface area (Å²) in [4.78, 5) is 26.7. The van der Waals surface area contributed by atoms with Gasteiger partial charge in [-0.25, -0.2) is 13.2 Å². The summed E-state index contributed by atoms with van der Waals surface area (Å²) in [5.41, 5.74) is -0.285. The number of likely N-dealkylation sites (tertiary alicyclic amines) is 1. The van der Waals surface area contributed by atoms with Crippen molar-refractivity contribution >= 4 is 22.0 Å². The third-order valence-electron chi connectivity index (χ3n) is 8.25. The number of nitrogens with one attached hydrogen (secondary N) is 1. The summed E-state index contributed by atoms with van der Waals surface area (Å²) in [6.07, 6.45) is 1.02. The van der Waals surface area contributed by atoms with Crippen LogP contribution in [0.4, 0.5) is 4.79 Å². The number of amides is 2. The van der Waals surface area contributed by atoms with Crippen LogP contribution < -0.4 is 5.32 Å². The maximum Gasteiger partial charge on any atom is 0.410 e. The molecule has 36 heavy (non-hydrogen) atoms. The van der Waals surface area contributed by atoms with Crippen LogP contribution in [0.1, 0.15) is 55.8 Å². The molecule has 2 saturated carbocycles. The predicted molar refractivity (Wildman–Crippen MR) is 127 cm³/mol. The van der Waals surface area contributed by atoms with Gasteiger partial charge < -0.3 is 24.2 Å². The molecule has 3 saturated heterocycles. The van der Waals surface area contributed by atoms with Crippen LogP contribution in [0.3, 0.4) is 0 Å². The van der Waals surface area contributed by atoms with Crippen molar-refractivity contribution in [2.75, 3.05) is 38.6 Å². The molecule has 1 aromatic rings. The largest absolute Gasteiger partial charge is 0.444 e. The number of nitrogens with zero attached hydrogens (tertiary/aromatic N) is 3. The topological polar surface area (TPSA) is 131 Å². The first kappa shape index (κ1) is 24.2. The average Bonchev–Trinajstić information content (AvgIpc) is 3.51. The van der Waals surface area contributed by atoms with Gasteiger partial charge in [-0.05, 0) is 57.3 Å². The molecule has 5 aliphatic rings. The Labute approximate surface area is 210 Å². The van der Waals surface area contributed by atoms with E-state index < -0.39 is 15.6 Å². The van der Waals surface area contributed by atoms with E-state index in [-0.39, 0.29) is 65.1 Å². The lowest BCUT2D eigenvalue weighted by molar-refractivity contribution is -0.00229. The molecule has 2 amide bonds. The number of rotatable bonds is 6. The maximum absolute atomic E-state index is 13.3. The molecule has 11 nitrogen and oxygen atoms in total. The Balaban J connectivity index is 0.987. The minimum Gasteiger partial charge on any atom is -0.444 e. The van der Waals surface area contributed by atoms with Gasteiger partial charge in [0, 0.05) is 37.8 Å². The highest BCUT2D eigenvalue weighted by Gasteiger charge is 2.60. The lowest BCUT2D eigenvalue weighted by atomic mass is 10.0. The molecule has 0 radical (unpaired) electrons. The number of ether oxygens (including phenoxy) is 2. The van der Waals surface area contributed by atoms with E-state index >= 15 is 0 Å². The van der Waals surface area contributed by atoms with E-state index in [0.717, 1.165) is 6.42 Å². The Morgan fingerprint density at radius 1 is 1.19 bits per heavy atom. The summed E-state index contributed by atoms with van der Waals surface area (Å²) in [5.74, 6) is 1.38. The third-order valence-corrected chi connectivity index (χ3v) is 10.2. The molecule has 198 valence electrons. The Morgan fingerprint density at radius 2 is 1.92 bits per heavy atom. The van der Waals surface area contributed by atoms with E-state index in [2.05, 4.69) is 10.5 Å². The molecule has 0 bridgehead atoms. The summed E-state index contributed by atoms with van der Waals surface area (Å²) in [6.45, 7) is 8.22. The van der Waals surface area contributed by atoms with E-state index in [9.17, 15) is 18.0 Å². The number of aromatic nitrogens is 1. The highest BCUT2D eigenvalue weighted by atomic mass is 32.2. The molecule has 1 aromatic heterocycles. The molecule has 2 aliphatic carbocycles. The van der Waals surface area contributed by atoms with Crippen molar-refractivity contribution in [3.05, 3.63) is 17.5 Å². The molecule has 1 N–H and O–H groups in total. The highest BCUT2D eigenvalue weighted by Crippen LogP contribution is 2.53. The maximum atomic E-state index is 13.3. The van der Waals surface area contributed by atoms with Crippen molar-refractivity contribution in [1.82, 2.24) is 19.7 Å². The summed E-state index contributed by atoms with van der Waals surface area (Å²) in [6, 6.07) is 1.55. The fraction of sp³-hybridized carbons (Fsp3) is 0.792. The second-order valence-corrected chi connectivity index (χ2v) is 13.9. The third kappa shape index (κ3) is 4.51. The number of carbonyl (C=O) groups excluding carboxylic acids is 2. The molecular formula is C24H34N4O7S. The van der Waals surface area contributed by atoms with Crippen LogP contribution in [-0.2, 0) is 19.5 Å². The summed E-state index contributed by atoms with van der Waals surface area (Å²) in [7, 11) is -3.40. The molecule has 0 aromatic carbocycles. The van der Waals surface area contributed by atoms with Crippen LogP contribution >= 0.6 is 0 Å². The number of hydrogen-bond acceptors (Lipinski definition) is 8. The lowest BCUT2D eigenvalue weighted by Gasteiger charge is -2.31. The molecule has 1 unspecified atom stereocenters. The van der Waals surface area contributed by atoms with Crippen LogP contribution in [0.25, 0.3) is 0 Å². The fourth-order valence-electron chi connectivity index (χ4n) is 6.08. The summed E-state index contributed by atoms with van der Waals surface area (Å²) < 4.78 is 44.1. The van der Waals surface area contributed by atoms with Crippen molar-refractivity contribution in [1.29, 1.82) is 0 Å². The Kier molecular flexibility index (Phi) is 5.65. The Bertz CT molecular complexity index is 1150. The SMILES string of the molecule is CC(C)(C)OC(=O)N1C[C@@H]2C(CS(=O)(=O)N3CC[C@H](NC(=O)c4cc(C5COC5)on4)[C@H]4C[C@H]43)[C@@H]2C1. The monoisotopic (exact) mass is 522 g/mol. The number of hydrogen-bond donors (Lipinski definition) is 1. The zero-order valence-corrected chi connectivity index (χ0v) is 21.7. The second-order valence-electron chi connectivity index (χ2n) is 12.0. The van der Waals surface area contributed by atoms with Crippen molar-refractivity contribution in [2.24, 2.45) is 23.7 Å². The normalized spacial score (nSPS) is 33.9. The second kappa shape index (κ2) is 8.42. The van der Waals surface area contributed by atoms with Crippen molar-refractivity contribution in [2.45, 2.75) is 57.2 Å². The summed E-state index contributed by atoms with van der Waals surface area (Å²) >= 11 is 0. The Morgan fingerprint density at radius 3 is 2.56 bits per heavy atom. The van der Waals surface area contributed by atoms with Crippen molar-refractivity contribution in [3.63, 3.8) is 0 Å². The highest BCUT2D eigenvalue weighted by molar-refractivity contribution is 7.89. The Hall–Kier alpha value is -2.18. The van der Waals surface area contributed by atoms with Gasteiger partial charge in [0.2, 0.25) is 10.0 Å². The average molecular weight is 523 g/mol. The number of carbonyl (C=O) groups is 2. The number of fused-ring (bicyclic) bond motifs is 2. The van der Waals surface area contributed by atoms with Crippen LogP contribution in [-0.4, -0.2) is 91.1 Å². The standard InChI is InChI=1S/C24H34N4O7S/c1-24(2,3)34-23(30)27-8-15-16(9-27)17(15)12-36(31,32)28-5-4-18(14-6-20(14)28)25-22(29)19-7-21(35-26-19)13-10-33-11-13/h7,13-18,20H,4-6,8-12H2,1-3H3,(H,25,29)/t14-,15-,16+,17?,18+,20-/m1/s1. The van der Waals surface area contributed by atoms with Gasteiger partial charge in [0.25, 0.3) is 5.91 Å². The van der Waals surface area contributed by atoms with Crippen molar-refractivity contribution < 1.29 is 32.0 Å². The molecule has 6 rings (SSSR count). The van der Waals surface area contributed by atoms with E-state index in [1.165, 1.54) is 0 Å². The lowest BCUT2D eigenvalue weighted by Crippen LogP contribution is -2.48. The quantitative estimate of drug-likeness (QED) is 0.594. The van der Waals surface area contributed by atoms with Gasteiger partial charge in [-0.15, -0.1) is 0 Å². The van der Waals surface area contributed by atoms with E-state index in [0.29, 0.717) is 45.0 Å². The van der Waals surface area contributed by atoms with Gasteiger partial charge >= 0.3 is 6.09 Å². The van der Waals surface area contributed by atoms with E-state index in [4.69, 9.17) is 14.0 Å². The molecule has 0 spiro atoms. The van der Waals surface area contributed by atoms with Gasteiger partial charge in [0.1, 0.15) is 11.4 Å². The first-order valence-electron chi connectivity index (χ1n) is 12.8. The van der Waals surface area contributed by atoms with Crippen LogP contribution in [0.5, 0.6) is 0 Å². The van der Waals surface area contributed by atoms with Gasteiger partial charge in [0.15, 0.2) is 5.69 Å². The molecule has 12 heteroatoms. The van der Waals surface area contributed by atoms with Crippen molar-refractivity contribution in [3.8, 4) is 0 Å². The van der Waals surface area contributed by atoms with Gasteiger partial charge in [0.05, 0.1) is 24.9 Å². The molecule has 4 heterocycles. The smallest absolute Gasteiger partial charge is 0.410 e. The van der Waals surface area contributed by atoms with Crippen LogP contribution in [0.15, 0.2) is 10.6 Å². The molecule has 5 fully saturated rings. The van der Waals surface area contributed by atoms with E-state index in [1.807, 2.05) is 20.8 Å². The molecule has 3 aliphatic heterocycles. The molecule has 6 atom stereocenters. The van der Waals surface area contributed by atoms with Gasteiger partial charge in [-0.3, -0.25) is 4.79 Å². The van der Waals surface area contributed by atoms with E-state index in [1.54, 1.807) is 15.3 Å². The minimum atomic E-state index is -3.40. The zero-order chi connectivity index (χ0) is 25.4. The van der Waals surface area contributed by atoms with Gasteiger partial charge in [-0.1, -0.05) is 5.16 Å². The number of piperidine rings is 2.